The molecule has 3 heterocycles. The average molecular weight is 405 g/mol. The van der Waals surface area contributed by atoms with E-state index in [4.69, 9.17) is 0 Å². The van der Waals surface area contributed by atoms with Crippen LogP contribution < -0.4 is 5.32 Å². The topological polar surface area (TPSA) is 79.6 Å². The Bertz CT molecular complexity index is 932. The zero-order chi connectivity index (χ0) is 19.9. The molecule has 1 fully saturated rings. The minimum Gasteiger partial charge on any atom is -0.350 e. The molecule has 0 amide bonds. The van der Waals surface area contributed by atoms with Gasteiger partial charge in [-0.15, -0.1) is 5.10 Å². The third kappa shape index (κ3) is 4.03. The van der Waals surface area contributed by atoms with E-state index in [2.05, 4.69) is 15.4 Å². The van der Waals surface area contributed by atoms with Gasteiger partial charge in [-0.05, 0) is 18.4 Å². The van der Waals surface area contributed by atoms with Crippen molar-refractivity contribution >= 4 is 21.5 Å². The summed E-state index contributed by atoms with van der Waals surface area (Å²) >= 11 is 0. The summed E-state index contributed by atoms with van der Waals surface area (Å²) in [5.41, 5.74) is 0.854. The Labute approximate surface area is 155 Å². The Balaban J connectivity index is 1.86. The second kappa shape index (κ2) is 7.27. The van der Waals surface area contributed by atoms with Gasteiger partial charge in [-0.25, -0.2) is 35.4 Å². The summed E-state index contributed by atoms with van der Waals surface area (Å²) in [6.07, 6.45) is -0.194. The van der Waals surface area contributed by atoms with Crippen LogP contribution in [0.4, 0.5) is 19.1 Å². The molecule has 2 aromatic rings. The maximum Gasteiger partial charge on any atom is 0.244 e. The van der Waals surface area contributed by atoms with Crippen LogP contribution in [0, 0.1) is 11.7 Å². The van der Waals surface area contributed by atoms with Gasteiger partial charge < -0.3 is 5.32 Å². The van der Waals surface area contributed by atoms with Crippen LogP contribution >= 0.6 is 0 Å². The number of fused-ring (bicyclic) bond motifs is 1. The van der Waals surface area contributed by atoms with Gasteiger partial charge in [0.15, 0.2) is 5.82 Å². The van der Waals surface area contributed by atoms with E-state index >= 15 is 0 Å². The van der Waals surface area contributed by atoms with E-state index in [1.807, 2.05) is 13.8 Å². The van der Waals surface area contributed by atoms with Crippen LogP contribution in [0.1, 0.15) is 31.9 Å². The lowest BCUT2D eigenvalue weighted by Crippen LogP contribution is -2.50. The molecule has 1 N–H and O–H groups in total. The summed E-state index contributed by atoms with van der Waals surface area (Å²) in [6.45, 7) is 3.65. The zero-order valence-electron chi connectivity index (χ0n) is 15.2. The second-order valence-electron chi connectivity index (χ2n) is 7.11. The molecule has 27 heavy (non-hydrogen) atoms. The van der Waals surface area contributed by atoms with Crippen molar-refractivity contribution in [2.45, 2.75) is 38.7 Å². The normalized spacial score (nSPS) is 22.1. The number of sulfonamides is 1. The summed E-state index contributed by atoms with van der Waals surface area (Å²) in [6, 6.07) is 0.689. The number of rotatable bonds is 5. The molecule has 1 unspecified atom stereocenters. The van der Waals surface area contributed by atoms with Crippen LogP contribution in [0.2, 0.25) is 0 Å². The molecule has 150 valence electrons. The summed E-state index contributed by atoms with van der Waals surface area (Å²) in [4.78, 5) is 4.04. The quantitative estimate of drug-likeness (QED) is 0.826. The van der Waals surface area contributed by atoms with E-state index < -0.39 is 34.2 Å². The standard InChI is InChI=1S/C16H22F3N5O2S/c1-9(2)13-6-11(17)14-7-20-16(22-24(13)14)21-12-4-5-23(27(3,25)26)8-10(12)15(18)19/h6-7,9-10,12,15H,4-5,8H2,1-3H3,(H,21,22)/t10?,12-/m1/s1. The van der Waals surface area contributed by atoms with E-state index in [0.29, 0.717) is 5.69 Å². The first-order chi connectivity index (χ1) is 12.6. The molecular formula is C16H22F3N5O2S. The highest BCUT2D eigenvalue weighted by Gasteiger charge is 2.38. The first-order valence-corrected chi connectivity index (χ1v) is 10.5. The van der Waals surface area contributed by atoms with Crippen molar-refractivity contribution in [3.63, 3.8) is 0 Å². The number of anilines is 1. The predicted molar refractivity (Wildman–Crippen MR) is 95.0 cm³/mol. The zero-order valence-corrected chi connectivity index (χ0v) is 16.0. The van der Waals surface area contributed by atoms with Gasteiger partial charge in [-0.2, -0.15) is 0 Å². The Morgan fingerprint density at radius 3 is 2.63 bits per heavy atom. The number of hydrogen-bond donors (Lipinski definition) is 1. The number of nitrogens with one attached hydrogen (secondary N) is 1. The largest absolute Gasteiger partial charge is 0.350 e. The fraction of sp³-hybridized carbons (Fsp3) is 0.625. The lowest BCUT2D eigenvalue weighted by atomic mass is 9.94. The highest BCUT2D eigenvalue weighted by molar-refractivity contribution is 7.88. The number of halogens is 3. The lowest BCUT2D eigenvalue weighted by molar-refractivity contribution is 0.0398. The first kappa shape index (κ1) is 19.9. The SMILES string of the molecule is CC(C)c1cc(F)c2cnc(N[C@@H]3CCN(S(C)(=O)=O)CC3C(F)F)nn12. The molecule has 0 bridgehead atoms. The van der Waals surface area contributed by atoms with E-state index in [9.17, 15) is 21.6 Å². The molecule has 2 atom stereocenters. The molecule has 1 saturated heterocycles. The monoisotopic (exact) mass is 405 g/mol. The van der Waals surface area contributed by atoms with Crippen LogP contribution in [0.5, 0.6) is 0 Å². The van der Waals surface area contributed by atoms with Crippen LogP contribution in [-0.4, -0.2) is 59.1 Å². The third-order valence-electron chi connectivity index (χ3n) is 4.82. The molecule has 0 aromatic carbocycles. The Kier molecular flexibility index (Phi) is 5.35. The van der Waals surface area contributed by atoms with Gasteiger partial charge in [-0.3, -0.25) is 0 Å². The molecular weight excluding hydrogens is 383 g/mol. The summed E-state index contributed by atoms with van der Waals surface area (Å²) in [7, 11) is -3.53. The highest BCUT2D eigenvalue weighted by Crippen LogP contribution is 2.27. The lowest BCUT2D eigenvalue weighted by Gasteiger charge is -2.37. The Morgan fingerprint density at radius 2 is 2.04 bits per heavy atom. The van der Waals surface area contributed by atoms with Gasteiger partial charge in [0.05, 0.1) is 18.4 Å². The van der Waals surface area contributed by atoms with Gasteiger partial charge in [0, 0.05) is 24.8 Å². The fourth-order valence-corrected chi connectivity index (χ4v) is 4.19. The number of piperidine rings is 1. The van der Waals surface area contributed by atoms with Gasteiger partial charge >= 0.3 is 0 Å². The van der Waals surface area contributed by atoms with E-state index in [1.54, 1.807) is 0 Å². The second-order valence-corrected chi connectivity index (χ2v) is 9.09. The smallest absolute Gasteiger partial charge is 0.244 e. The van der Waals surface area contributed by atoms with Gasteiger partial charge in [-0.1, -0.05) is 13.8 Å². The summed E-state index contributed by atoms with van der Waals surface area (Å²) < 4.78 is 66.8. The highest BCUT2D eigenvalue weighted by atomic mass is 32.2. The number of aromatic nitrogens is 3. The van der Waals surface area contributed by atoms with Gasteiger partial charge in [0.2, 0.25) is 22.4 Å². The number of alkyl halides is 2. The Hall–Kier alpha value is -1.88. The minimum atomic E-state index is -3.53. The molecule has 1 aliphatic rings. The van der Waals surface area contributed by atoms with Crippen molar-refractivity contribution in [3.05, 3.63) is 23.8 Å². The molecule has 7 nitrogen and oxygen atoms in total. The van der Waals surface area contributed by atoms with E-state index in [-0.39, 0.29) is 36.9 Å². The van der Waals surface area contributed by atoms with Crippen LogP contribution in [-0.2, 0) is 10.0 Å². The van der Waals surface area contributed by atoms with E-state index in [1.165, 1.54) is 16.8 Å². The average Bonchev–Trinajstić information content (AvgIpc) is 2.90. The molecule has 0 radical (unpaired) electrons. The number of nitrogens with zero attached hydrogens (tertiary/aromatic N) is 4. The van der Waals surface area contributed by atoms with Crippen molar-refractivity contribution in [1.82, 2.24) is 18.9 Å². The maximum absolute atomic E-state index is 14.0. The molecule has 0 aliphatic carbocycles. The molecule has 2 aromatic heterocycles. The molecule has 1 aliphatic heterocycles. The van der Waals surface area contributed by atoms with Crippen LogP contribution in [0.25, 0.3) is 5.52 Å². The van der Waals surface area contributed by atoms with Crippen molar-refractivity contribution < 1.29 is 21.6 Å². The van der Waals surface area contributed by atoms with Crippen LogP contribution in [0.3, 0.4) is 0 Å². The first-order valence-electron chi connectivity index (χ1n) is 8.62. The van der Waals surface area contributed by atoms with Crippen molar-refractivity contribution in [1.29, 1.82) is 0 Å². The summed E-state index contributed by atoms with van der Waals surface area (Å²) in [5, 5.41) is 7.14. The molecule has 3 rings (SSSR count). The maximum atomic E-state index is 14.0. The number of hydrogen-bond acceptors (Lipinski definition) is 5. The molecule has 11 heteroatoms. The van der Waals surface area contributed by atoms with Gasteiger partial charge in [0.1, 0.15) is 5.52 Å². The van der Waals surface area contributed by atoms with Gasteiger partial charge in [0.25, 0.3) is 0 Å². The molecule has 0 spiro atoms. The predicted octanol–water partition coefficient (Wildman–Crippen LogP) is 2.32. The van der Waals surface area contributed by atoms with Crippen molar-refractivity contribution in [2.75, 3.05) is 24.7 Å². The van der Waals surface area contributed by atoms with Crippen molar-refractivity contribution in [2.24, 2.45) is 5.92 Å². The van der Waals surface area contributed by atoms with E-state index in [0.717, 1.165) is 10.6 Å². The summed E-state index contributed by atoms with van der Waals surface area (Å²) in [5.74, 6) is -1.53. The minimum absolute atomic E-state index is 0.0107. The fourth-order valence-electron chi connectivity index (χ4n) is 3.31. The third-order valence-corrected chi connectivity index (χ3v) is 6.09. The Morgan fingerprint density at radius 1 is 1.33 bits per heavy atom. The van der Waals surface area contributed by atoms with Crippen LogP contribution in [0.15, 0.2) is 12.3 Å². The van der Waals surface area contributed by atoms with Crippen molar-refractivity contribution in [3.8, 4) is 0 Å². The molecule has 0 saturated carbocycles.